The predicted octanol–water partition coefficient (Wildman–Crippen LogP) is 4.68. The monoisotopic (exact) mass is 507 g/mol. The normalized spacial score (nSPS) is 11.4. The molecule has 0 aliphatic carbocycles. The topological polar surface area (TPSA) is 123 Å². The third-order valence-corrected chi connectivity index (χ3v) is 5.12. The number of phenolic OH excluding ortho intramolecular Hbond substituents is 1. The zero-order chi connectivity index (χ0) is 23.9. The van der Waals surface area contributed by atoms with E-state index in [9.17, 15) is 20.0 Å². The number of phenols is 1. The molecule has 0 bridgehead atoms. The first-order chi connectivity index (χ1) is 15.0. The van der Waals surface area contributed by atoms with Crippen LogP contribution in [0, 0.1) is 10.1 Å². The summed E-state index contributed by atoms with van der Waals surface area (Å²) in [6.45, 7) is 6.76. The van der Waals surface area contributed by atoms with E-state index in [1.165, 1.54) is 25.0 Å². The molecule has 9 nitrogen and oxygen atoms in total. The van der Waals surface area contributed by atoms with E-state index < -0.39 is 16.4 Å². The summed E-state index contributed by atoms with van der Waals surface area (Å²) in [7, 11) is 1.28. The summed E-state index contributed by atoms with van der Waals surface area (Å²) in [5.74, 6) is -0.254. The van der Waals surface area contributed by atoms with Gasteiger partial charge in [0.05, 0.1) is 29.3 Å². The van der Waals surface area contributed by atoms with Gasteiger partial charge in [0.15, 0.2) is 5.75 Å². The van der Waals surface area contributed by atoms with Crippen LogP contribution in [-0.2, 0) is 10.2 Å². The van der Waals surface area contributed by atoms with Crippen LogP contribution in [0.15, 0.2) is 39.9 Å². The Labute approximate surface area is 194 Å². The van der Waals surface area contributed by atoms with Crippen molar-refractivity contribution in [3.63, 3.8) is 0 Å². The fraction of sp³-hybridized carbons (Fsp3) is 0.364. The number of nitrogens with one attached hydrogen (secondary N) is 1. The molecule has 0 saturated heterocycles. The highest BCUT2D eigenvalue weighted by Crippen LogP contribution is 2.36. The molecule has 0 aliphatic rings. The van der Waals surface area contributed by atoms with Crippen molar-refractivity contribution < 1.29 is 24.3 Å². The van der Waals surface area contributed by atoms with E-state index in [0.29, 0.717) is 24.3 Å². The Hall–Kier alpha value is -3.14. The summed E-state index contributed by atoms with van der Waals surface area (Å²) >= 11 is 3.52. The lowest BCUT2D eigenvalue weighted by atomic mass is 9.87. The molecule has 0 spiro atoms. The zero-order valence-corrected chi connectivity index (χ0v) is 19.9. The second kappa shape index (κ2) is 10.9. The number of hydrogen-bond acceptors (Lipinski definition) is 7. The number of carbonyl (C=O) groups is 1. The Morgan fingerprint density at radius 1 is 1.28 bits per heavy atom. The van der Waals surface area contributed by atoms with Gasteiger partial charge in [-0.25, -0.2) is 5.43 Å². The highest BCUT2D eigenvalue weighted by Gasteiger charge is 2.19. The lowest BCUT2D eigenvalue weighted by Gasteiger charge is -2.20. The average molecular weight is 508 g/mol. The number of hydrogen-bond donors (Lipinski definition) is 2. The zero-order valence-electron chi connectivity index (χ0n) is 18.3. The van der Waals surface area contributed by atoms with Crippen LogP contribution in [-0.4, -0.2) is 35.9 Å². The fourth-order valence-corrected chi connectivity index (χ4v) is 3.21. The third kappa shape index (κ3) is 6.94. The van der Waals surface area contributed by atoms with E-state index >= 15 is 0 Å². The first-order valence-electron chi connectivity index (χ1n) is 9.83. The molecule has 172 valence electrons. The molecule has 0 heterocycles. The molecule has 10 heteroatoms. The molecule has 32 heavy (non-hydrogen) atoms. The van der Waals surface area contributed by atoms with Crippen molar-refractivity contribution in [2.75, 3.05) is 13.7 Å². The van der Waals surface area contributed by atoms with Crippen LogP contribution in [0.4, 0.5) is 5.69 Å². The minimum atomic E-state index is -0.733. The second-order valence-corrected chi connectivity index (χ2v) is 8.84. The van der Waals surface area contributed by atoms with Crippen molar-refractivity contribution >= 4 is 33.7 Å². The third-order valence-electron chi connectivity index (χ3n) is 4.50. The number of methoxy groups -OCH3 is 1. The van der Waals surface area contributed by atoms with Crippen LogP contribution in [0.2, 0.25) is 0 Å². The average Bonchev–Trinajstić information content (AvgIpc) is 2.72. The number of benzene rings is 2. The van der Waals surface area contributed by atoms with Crippen molar-refractivity contribution in [3.05, 3.63) is 56.0 Å². The highest BCUT2D eigenvalue weighted by molar-refractivity contribution is 9.10. The van der Waals surface area contributed by atoms with Crippen LogP contribution in [0.3, 0.4) is 0 Å². The molecule has 2 aromatic carbocycles. The van der Waals surface area contributed by atoms with Crippen molar-refractivity contribution in [1.29, 1.82) is 0 Å². The number of nitro groups is 1. The standard InChI is InChI=1S/C22H26BrN3O6/c1-22(2,3)15-7-8-18(16(23)12-15)32-9-5-6-20(27)25-24-13-14-10-17(26(29)30)21(28)19(11-14)31-4/h7-8,10-13,28H,5-6,9H2,1-4H3,(H,25,27)/b24-13+. The molecule has 0 radical (unpaired) electrons. The maximum atomic E-state index is 12.0. The summed E-state index contributed by atoms with van der Waals surface area (Å²) in [4.78, 5) is 22.2. The first kappa shape index (κ1) is 25.1. The molecule has 0 saturated carbocycles. The van der Waals surface area contributed by atoms with Gasteiger partial charge >= 0.3 is 5.69 Å². The lowest BCUT2D eigenvalue weighted by Crippen LogP contribution is -2.18. The fourth-order valence-electron chi connectivity index (χ4n) is 2.72. The van der Waals surface area contributed by atoms with Crippen LogP contribution in [0.25, 0.3) is 0 Å². The Morgan fingerprint density at radius 3 is 2.59 bits per heavy atom. The maximum Gasteiger partial charge on any atom is 0.315 e. The number of carbonyl (C=O) groups excluding carboxylic acids is 1. The van der Waals surface area contributed by atoms with Crippen LogP contribution in [0.1, 0.15) is 44.7 Å². The first-order valence-corrected chi connectivity index (χ1v) is 10.6. The largest absolute Gasteiger partial charge is 0.500 e. The van der Waals surface area contributed by atoms with Crippen molar-refractivity contribution in [3.8, 4) is 17.2 Å². The molecule has 2 aromatic rings. The number of amides is 1. The lowest BCUT2D eigenvalue weighted by molar-refractivity contribution is -0.386. The number of rotatable bonds is 9. The summed E-state index contributed by atoms with van der Waals surface area (Å²) in [6, 6.07) is 8.45. The molecule has 1 amide bonds. The van der Waals surface area contributed by atoms with Gasteiger partial charge in [-0.05, 0) is 51.5 Å². The number of ether oxygens (including phenoxy) is 2. The Bertz CT molecular complexity index is 1020. The molecule has 0 unspecified atom stereocenters. The van der Waals surface area contributed by atoms with E-state index in [1.54, 1.807) is 0 Å². The molecule has 0 aliphatic heterocycles. The van der Waals surface area contributed by atoms with Crippen molar-refractivity contribution in [2.45, 2.75) is 39.0 Å². The number of aromatic hydroxyl groups is 1. The van der Waals surface area contributed by atoms with Crippen LogP contribution >= 0.6 is 15.9 Å². The summed E-state index contributed by atoms with van der Waals surface area (Å²) < 4.78 is 11.5. The minimum absolute atomic E-state index is 0.0375. The van der Waals surface area contributed by atoms with Crippen LogP contribution in [0.5, 0.6) is 17.2 Å². The van der Waals surface area contributed by atoms with Gasteiger partial charge in [-0.15, -0.1) is 0 Å². The van der Waals surface area contributed by atoms with Crippen molar-refractivity contribution in [2.24, 2.45) is 5.10 Å². The van der Waals surface area contributed by atoms with Crippen molar-refractivity contribution in [1.82, 2.24) is 5.43 Å². The number of halogens is 1. The summed E-state index contributed by atoms with van der Waals surface area (Å²) in [6.07, 6.45) is 1.90. The van der Waals surface area contributed by atoms with Gasteiger partial charge in [0.1, 0.15) is 5.75 Å². The summed E-state index contributed by atoms with van der Waals surface area (Å²) in [5, 5.41) is 24.6. The van der Waals surface area contributed by atoms with Gasteiger partial charge in [-0.1, -0.05) is 26.8 Å². The predicted molar refractivity (Wildman–Crippen MR) is 125 cm³/mol. The number of nitro benzene ring substituents is 1. The molecular formula is C22H26BrN3O6. The molecule has 0 fully saturated rings. The Kier molecular flexibility index (Phi) is 8.59. The van der Waals surface area contributed by atoms with Crippen LogP contribution < -0.4 is 14.9 Å². The number of nitrogens with zero attached hydrogens (tertiary/aromatic N) is 2. The van der Waals surface area contributed by atoms with Gasteiger partial charge < -0.3 is 14.6 Å². The van der Waals surface area contributed by atoms with Gasteiger partial charge in [-0.3, -0.25) is 14.9 Å². The highest BCUT2D eigenvalue weighted by atomic mass is 79.9. The quantitative estimate of drug-likeness (QED) is 0.220. The van der Waals surface area contributed by atoms with Gasteiger partial charge in [0.25, 0.3) is 0 Å². The maximum absolute atomic E-state index is 12.0. The van der Waals surface area contributed by atoms with E-state index in [0.717, 1.165) is 10.5 Å². The van der Waals surface area contributed by atoms with E-state index in [4.69, 9.17) is 9.47 Å². The summed E-state index contributed by atoms with van der Waals surface area (Å²) in [5.41, 5.74) is 3.35. The van der Waals surface area contributed by atoms with E-state index in [1.807, 2.05) is 18.2 Å². The Balaban J connectivity index is 1.84. The molecule has 0 aromatic heterocycles. The van der Waals surface area contributed by atoms with Gasteiger partial charge in [0.2, 0.25) is 11.7 Å². The number of hydrazone groups is 1. The molecule has 2 N–H and O–H groups in total. The second-order valence-electron chi connectivity index (χ2n) is 7.99. The molecule has 0 atom stereocenters. The van der Waals surface area contributed by atoms with Gasteiger partial charge in [-0.2, -0.15) is 5.10 Å². The molecule has 2 rings (SSSR count). The van der Waals surface area contributed by atoms with E-state index in [2.05, 4.69) is 47.2 Å². The van der Waals surface area contributed by atoms with Gasteiger partial charge in [0, 0.05) is 18.1 Å². The smallest absolute Gasteiger partial charge is 0.315 e. The van der Waals surface area contributed by atoms with E-state index in [-0.39, 0.29) is 23.5 Å². The minimum Gasteiger partial charge on any atom is -0.500 e. The SMILES string of the molecule is COc1cc(/C=N/NC(=O)CCCOc2ccc(C(C)(C)C)cc2Br)cc([N+](=O)[O-])c1O. The Morgan fingerprint density at radius 2 is 2.00 bits per heavy atom. The molecular weight excluding hydrogens is 482 g/mol.